The molecule has 3 aromatic heterocycles. The number of thioether (sulfide) groups is 1. The lowest BCUT2D eigenvalue weighted by Crippen LogP contribution is -2.14. The molecule has 8 nitrogen and oxygen atoms in total. The van der Waals surface area contributed by atoms with E-state index < -0.39 is 0 Å². The molecule has 10 heteroatoms. The van der Waals surface area contributed by atoms with Crippen molar-refractivity contribution in [3.8, 4) is 11.4 Å². The first-order valence-electron chi connectivity index (χ1n) is 9.00. The Morgan fingerprint density at radius 1 is 1.23 bits per heavy atom. The Bertz CT molecular complexity index is 1170. The molecule has 152 valence electrons. The number of nitrogens with one attached hydrogen (secondary N) is 2. The molecule has 0 bridgehead atoms. The van der Waals surface area contributed by atoms with Crippen molar-refractivity contribution >= 4 is 23.6 Å². The number of hydrogen-bond acceptors (Lipinski definition) is 7. The van der Waals surface area contributed by atoms with Gasteiger partial charge in [0.1, 0.15) is 16.6 Å². The van der Waals surface area contributed by atoms with Crippen LogP contribution in [0.25, 0.3) is 11.4 Å². The number of halogens is 1. The molecule has 30 heavy (non-hydrogen) atoms. The molecule has 0 aliphatic carbocycles. The maximum Gasteiger partial charge on any atom is 0.260 e. The van der Waals surface area contributed by atoms with E-state index in [0.29, 0.717) is 27.7 Å². The SMILES string of the molecule is Cc1noc(C)c1CSc1ncccc1C(=O)Nc1n[nH]c(-c2ccc(F)cc2)n1. The highest BCUT2D eigenvalue weighted by atomic mass is 32.2. The van der Waals surface area contributed by atoms with E-state index in [-0.39, 0.29) is 17.7 Å². The maximum absolute atomic E-state index is 13.1. The minimum absolute atomic E-state index is 0.116. The molecule has 0 aliphatic rings. The highest BCUT2D eigenvalue weighted by Gasteiger charge is 2.17. The number of H-pyrrole nitrogens is 1. The smallest absolute Gasteiger partial charge is 0.260 e. The van der Waals surface area contributed by atoms with E-state index in [9.17, 15) is 9.18 Å². The van der Waals surface area contributed by atoms with Gasteiger partial charge in [0, 0.05) is 23.1 Å². The lowest BCUT2D eigenvalue weighted by Gasteiger charge is -2.07. The predicted octanol–water partition coefficient (Wildman–Crippen LogP) is 4.16. The molecule has 3 heterocycles. The Labute approximate surface area is 175 Å². The summed E-state index contributed by atoms with van der Waals surface area (Å²) in [6.07, 6.45) is 1.63. The fourth-order valence-corrected chi connectivity index (χ4v) is 3.90. The zero-order valence-corrected chi connectivity index (χ0v) is 17.0. The Kier molecular flexibility index (Phi) is 5.57. The van der Waals surface area contributed by atoms with Crippen molar-refractivity contribution in [2.75, 3.05) is 5.32 Å². The lowest BCUT2D eigenvalue weighted by molar-refractivity contribution is 0.102. The number of amides is 1. The number of rotatable bonds is 6. The van der Waals surface area contributed by atoms with Crippen LogP contribution >= 0.6 is 11.8 Å². The lowest BCUT2D eigenvalue weighted by atomic mass is 10.2. The average Bonchev–Trinajstić information content (AvgIpc) is 3.34. The van der Waals surface area contributed by atoms with Gasteiger partial charge < -0.3 is 4.52 Å². The van der Waals surface area contributed by atoms with Crippen LogP contribution < -0.4 is 5.32 Å². The zero-order valence-electron chi connectivity index (χ0n) is 16.1. The van der Waals surface area contributed by atoms with Crippen molar-refractivity contribution in [2.45, 2.75) is 24.6 Å². The average molecular weight is 424 g/mol. The molecular formula is C20H17FN6O2S. The van der Waals surface area contributed by atoms with Crippen LogP contribution in [0.2, 0.25) is 0 Å². The topological polar surface area (TPSA) is 110 Å². The number of benzene rings is 1. The molecule has 0 spiro atoms. The summed E-state index contributed by atoms with van der Waals surface area (Å²) < 4.78 is 18.3. The van der Waals surface area contributed by atoms with Crippen LogP contribution in [0, 0.1) is 19.7 Å². The summed E-state index contributed by atoms with van der Waals surface area (Å²) >= 11 is 1.42. The van der Waals surface area contributed by atoms with Crippen LogP contribution in [0.5, 0.6) is 0 Å². The Morgan fingerprint density at radius 2 is 2.03 bits per heavy atom. The van der Waals surface area contributed by atoms with Crippen LogP contribution in [0.4, 0.5) is 10.3 Å². The van der Waals surface area contributed by atoms with Crippen LogP contribution in [0.1, 0.15) is 27.4 Å². The van der Waals surface area contributed by atoms with E-state index in [4.69, 9.17) is 4.52 Å². The summed E-state index contributed by atoms with van der Waals surface area (Å²) in [5.41, 5.74) is 2.86. The van der Waals surface area contributed by atoms with E-state index in [0.717, 1.165) is 17.0 Å². The standard InChI is InChI=1S/C20H17FN6O2S/c1-11-16(12(2)29-27-11)10-30-19-15(4-3-9-22-19)18(28)24-20-23-17(25-26-20)13-5-7-14(21)8-6-13/h3-9H,10H2,1-2H3,(H2,23,24,25,26,28). The molecule has 0 saturated carbocycles. The van der Waals surface area contributed by atoms with E-state index in [1.165, 1.54) is 23.9 Å². The zero-order chi connectivity index (χ0) is 21.1. The molecular weight excluding hydrogens is 407 g/mol. The molecule has 0 atom stereocenters. The minimum Gasteiger partial charge on any atom is -0.361 e. The van der Waals surface area contributed by atoms with Crippen molar-refractivity contribution in [3.05, 3.63) is 71.0 Å². The number of nitrogens with zero attached hydrogens (tertiary/aromatic N) is 4. The fraction of sp³-hybridized carbons (Fsp3) is 0.150. The second-order valence-electron chi connectivity index (χ2n) is 6.42. The third-order valence-electron chi connectivity index (χ3n) is 4.38. The maximum atomic E-state index is 13.1. The van der Waals surface area contributed by atoms with Crippen molar-refractivity contribution in [2.24, 2.45) is 0 Å². The number of anilines is 1. The highest BCUT2D eigenvalue weighted by molar-refractivity contribution is 7.98. The first-order chi connectivity index (χ1) is 14.5. The van der Waals surface area contributed by atoms with Gasteiger partial charge in [0.2, 0.25) is 5.95 Å². The van der Waals surface area contributed by atoms with Gasteiger partial charge >= 0.3 is 0 Å². The Hall–Kier alpha value is -3.53. The third kappa shape index (κ3) is 4.23. The number of pyridine rings is 1. The largest absolute Gasteiger partial charge is 0.361 e. The van der Waals surface area contributed by atoms with Gasteiger partial charge in [-0.3, -0.25) is 15.2 Å². The summed E-state index contributed by atoms with van der Waals surface area (Å²) in [6.45, 7) is 3.73. The van der Waals surface area contributed by atoms with E-state index in [1.807, 2.05) is 13.8 Å². The van der Waals surface area contributed by atoms with E-state index in [2.05, 4.69) is 30.6 Å². The molecule has 0 saturated heterocycles. The quantitative estimate of drug-likeness (QED) is 0.447. The first-order valence-corrected chi connectivity index (χ1v) is 9.99. The minimum atomic E-state index is -0.381. The number of carbonyl (C=O) groups is 1. The molecule has 0 unspecified atom stereocenters. The summed E-state index contributed by atoms with van der Waals surface area (Å²) in [5, 5.41) is 13.9. The number of aromatic amines is 1. The van der Waals surface area contributed by atoms with Crippen molar-refractivity contribution < 1.29 is 13.7 Å². The summed E-state index contributed by atoms with van der Waals surface area (Å²) in [7, 11) is 0. The number of carbonyl (C=O) groups excluding carboxylic acids is 1. The molecule has 0 fully saturated rings. The van der Waals surface area contributed by atoms with Gasteiger partial charge in [-0.1, -0.05) is 5.16 Å². The van der Waals surface area contributed by atoms with Gasteiger partial charge in [0.05, 0.1) is 11.3 Å². The fourth-order valence-electron chi connectivity index (χ4n) is 2.75. The van der Waals surface area contributed by atoms with Gasteiger partial charge in [-0.05, 0) is 50.2 Å². The Balaban J connectivity index is 1.48. The summed E-state index contributed by atoms with van der Waals surface area (Å²) in [6, 6.07) is 9.18. The number of hydrogen-bond donors (Lipinski definition) is 2. The second kappa shape index (κ2) is 8.46. The van der Waals surface area contributed by atoms with Crippen LogP contribution in [0.15, 0.2) is 52.1 Å². The van der Waals surface area contributed by atoms with E-state index in [1.54, 1.807) is 30.5 Å². The monoisotopic (exact) mass is 424 g/mol. The molecule has 1 aromatic carbocycles. The summed E-state index contributed by atoms with van der Waals surface area (Å²) in [4.78, 5) is 21.4. The van der Waals surface area contributed by atoms with Gasteiger partial charge in [0.15, 0.2) is 5.82 Å². The molecule has 4 rings (SSSR count). The third-order valence-corrected chi connectivity index (χ3v) is 5.41. The summed E-state index contributed by atoms with van der Waals surface area (Å²) in [5.74, 6) is 1.14. The first kappa shape index (κ1) is 19.8. The predicted molar refractivity (Wildman–Crippen MR) is 110 cm³/mol. The van der Waals surface area contributed by atoms with Crippen molar-refractivity contribution in [1.82, 2.24) is 25.3 Å². The van der Waals surface area contributed by atoms with E-state index >= 15 is 0 Å². The molecule has 2 N–H and O–H groups in total. The van der Waals surface area contributed by atoms with Crippen LogP contribution in [-0.2, 0) is 5.75 Å². The van der Waals surface area contributed by atoms with Crippen LogP contribution in [0.3, 0.4) is 0 Å². The molecule has 0 radical (unpaired) electrons. The van der Waals surface area contributed by atoms with Crippen molar-refractivity contribution in [1.29, 1.82) is 0 Å². The van der Waals surface area contributed by atoms with Gasteiger partial charge in [-0.2, -0.15) is 4.98 Å². The molecule has 1 amide bonds. The highest BCUT2D eigenvalue weighted by Crippen LogP contribution is 2.27. The molecule has 4 aromatic rings. The molecule has 0 aliphatic heterocycles. The van der Waals surface area contributed by atoms with Gasteiger partial charge in [-0.15, -0.1) is 16.9 Å². The Morgan fingerprint density at radius 3 is 2.77 bits per heavy atom. The van der Waals surface area contributed by atoms with Gasteiger partial charge in [-0.25, -0.2) is 9.37 Å². The number of aryl methyl sites for hydroxylation is 2. The van der Waals surface area contributed by atoms with Crippen LogP contribution in [-0.4, -0.2) is 31.2 Å². The number of aromatic nitrogens is 5. The van der Waals surface area contributed by atoms with Gasteiger partial charge in [0.25, 0.3) is 5.91 Å². The second-order valence-corrected chi connectivity index (χ2v) is 7.38. The van der Waals surface area contributed by atoms with Crippen molar-refractivity contribution in [3.63, 3.8) is 0 Å². The normalized spacial score (nSPS) is 10.9.